The lowest BCUT2D eigenvalue weighted by Crippen LogP contribution is -2.33. The van der Waals surface area contributed by atoms with Gasteiger partial charge in [-0.3, -0.25) is 9.69 Å². The Morgan fingerprint density at radius 1 is 0.833 bits per heavy atom. The Morgan fingerprint density at radius 3 is 2.40 bits per heavy atom. The van der Waals surface area contributed by atoms with Gasteiger partial charge < -0.3 is 5.32 Å². The van der Waals surface area contributed by atoms with Crippen LogP contribution < -0.4 is 5.32 Å². The van der Waals surface area contributed by atoms with Crippen LogP contribution in [0.25, 0.3) is 10.8 Å². The standard InChI is InChI=1S/C36H40N2O3S/c39-36(37-35-15-9-14-31-22-27(16-19-34(31)35)25-38-20-7-2-8-21-38)24-32(28-10-3-1-4-11-28)26-42(40,41)33-18-17-29-12-5-6-13-30(29)23-33/h1,3-6,10-13,16-19,22-23,32,35H,2,7-9,14-15,20-21,24-26H2,(H,37,39)/t32-,35+/m0/s1. The van der Waals surface area contributed by atoms with Gasteiger partial charge in [-0.1, -0.05) is 85.3 Å². The molecule has 4 aromatic rings. The number of nitrogens with zero attached hydrogens (tertiary/aromatic N) is 1. The van der Waals surface area contributed by atoms with E-state index in [0.717, 1.165) is 42.1 Å². The highest BCUT2D eigenvalue weighted by molar-refractivity contribution is 7.91. The van der Waals surface area contributed by atoms with Crippen molar-refractivity contribution in [2.45, 2.75) is 68.3 Å². The highest BCUT2D eigenvalue weighted by Crippen LogP contribution is 2.32. The van der Waals surface area contributed by atoms with Crippen LogP contribution in [-0.2, 0) is 27.6 Å². The normalized spacial score (nSPS) is 18.3. The molecule has 2 aliphatic rings. The van der Waals surface area contributed by atoms with Gasteiger partial charge in [0.2, 0.25) is 5.91 Å². The van der Waals surface area contributed by atoms with Crippen molar-refractivity contribution in [3.63, 3.8) is 0 Å². The number of sulfone groups is 1. The van der Waals surface area contributed by atoms with Crippen LogP contribution in [-0.4, -0.2) is 38.1 Å². The van der Waals surface area contributed by atoms with E-state index < -0.39 is 15.8 Å². The minimum absolute atomic E-state index is 0.0428. The molecule has 1 fully saturated rings. The van der Waals surface area contributed by atoms with Crippen molar-refractivity contribution in [1.29, 1.82) is 0 Å². The summed E-state index contributed by atoms with van der Waals surface area (Å²) in [7, 11) is -3.63. The number of nitrogens with one attached hydrogen (secondary N) is 1. The SMILES string of the molecule is O=C(C[C@@H](CS(=O)(=O)c1ccc2ccccc2c1)c1ccccc1)N[C@@H]1CCCc2cc(CN3CCCCC3)ccc21. The molecule has 0 bridgehead atoms. The van der Waals surface area contributed by atoms with Gasteiger partial charge in [0.25, 0.3) is 0 Å². The molecule has 0 unspecified atom stereocenters. The first-order valence-electron chi connectivity index (χ1n) is 15.3. The smallest absolute Gasteiger partial charge is 0.221 e. The molecule has 0 radical (unpaired) electrons. The van der Waals surface area contributed by atoms with Crippen LogP contribution in [0.4, 0.5) is 0 Å². The molecule has 0 saturated carbocycles. The maximum atomic E-state index is 13.6. The summed E-state index contributed by atoms with van der Waals surface area (Å²) in [4.78, 5) is 16.4. The van der Waals surface area contributed by atoms with E-state index in [1.54, 1.807) is 12.1 Å². The lowest BCUT2D eigenvalue weighted by Gasteiger charge is -2.29. The molecule has 42 heavy (non-hydrogen) atoms. The predicted octanol–water partition coefficient (Wildman–Crippen LogP) is 6.97. The van der Waals surface area contributed by atoms with Crippen LogP contribution in [0, 0.1) is 0 Å². The third kappa shape index (κ3) is 6.77. The summed E-state index contributed by atoms with van der Waals surface area (Å²) in [6.07, 6.45) is 6.99. The Bertz CT molecular complexity index is 1650. The van der Waals surface area contributed by atoms with Gasteiger partial charge >= 0.3 is 0 Å². The van der Waals surface area contributed by atoms with E-state index in [2.05, 4.69) is 28.4 Å². The molecule has 1 saturated heterocycles. The van der Waals surface area contributed by atoms with E-state index in [-0.39, 0.29) is 24.1 Å². The molecule has 6 heteroatoms. The zero-order valence-electron chi connectivity index (χ0n) is 24.2. The molecule has 4 aromatic carbocycles. The predicted molar refractivity (Wildman–Crippen MR) is 169 cm³/mol. The summed E-state index contributed by atoms with van der Waals surface area (Å²) < 4.78 is 27.3. The molecule has 2 atom stereocenters. The van der Waals surface area contributed by atoms with Gasteiger partial charge in [0.15, 0.2) is 9.84 Å². The Kier molecular flexibility index (Phi) is 8.73. The number of hydrogen-bond donors (Lipinski definition) is 1. The second-order valence-corrected chi connectivity index (χ2v) is 14.0. The third-order valence-electron chi connectivity index (χ3n) is 8.92. The number of piperidine rings is 1. The average Bonchev–Trinajstić information content (AvgIpc) is 3.01. The van der Waals surface area contributed by atoms with Crippen molar-refractivity contribution in [1.82, 2.24) is 10.2 Å². The highest BCUT2D eigenvalue weighted by Gasteiger charge is 2.28. The zero-order chi connectivity index (χ0) is 28.9. The number of amides is 1. The van der Waals surface area contributed by atoms with Gasteiger partial charge in [0.1, 0.15) is 0 Å². The monoisotopic (exact) mass is 580 g/mol. The van der Waals surface area contributed by atoms with E-state index in [1.165, 1.54) is 49.0 Å². The first-order valence-corrected chi connectivity index (χ1v) is 17.0. The molecule has 1 heterocycles. The van der Waals surface area contributed by atoms with E-state index in [1.807, 2.05) is 60.7 Å². The number of carbonyl (C=O) groups is 1. The summed E-state index contributed by atoms with van der Waals surface area (Å²) in [6, 6.07) is 29.3. The quantitative estimate of drug-likeness (QED) is 0.232. The van der Waals surface area contributed by atoms with Crippen LogP contribution >= 0.6 is 0 Å². The first-order chi connectivity index (χ1) is 20.4. The van der Waals surface area contributed by atoms with Crippen LogP contribution in [0.2, 0.25) is 0 Å². The van der Waals surface area contributed by atoms with Gasteiger partial charge in [-0.2, -0.15) is 0 Å². The maximum absolute atomic E-state index is 13.6. The molecule has 1 aliphatic heterocycles. The second-order valence-electron chi connectivity index (χ2n) is 12.0. The molecule has 0 aromatic heterocycles. The van der Waals surface area contributed by atoms with Crippen molar-refractivity contribution in [2.75, 3.05) is 18.8 Å². The average molecular weight is 581 g/mol. The van der Waals surface area contributed by atoms with Crippen molar-refractivity contribution >= 4 is 26.5 Å². The van der Waals surface area contributed by atoms with Gasteiger partial charge in [-0.05, 0) is 90.4 Å². The number of likely N-dealkylation sites (tertiary alicyclic amines) is 1. The van der Waals surface area contributed by atoms with Crippen molar-refractivity contribution < 1.29 is 13.2 Å². The summed E-state index contributed by atoms with van der Waals surface area (Å²) in [6.45, 7) is 3.35. The van der Waals surface area contributed by atoms with E-state index >= 15 is 0 Å². The van der Waals surface area contributed by atoms with Crippen molar-refractivity contribution in [3.8, 4) is 0 Å². The topological polar surface area (TPSA) is 66.5 Å². The van der Waals surface area contributed by atoms with Crippen LogP contribution in [0.5, 0.6) is 0 Å². The fourth-order valence-corrected chi connectivity index (χ4v) is 8.30. The van der Waals surface area contributed by atoms with Crippen LogP contribution in [0.1, 0.15) is 72.7 Å². The number of carbonyl (C=O) groups excluding carboxylic acids is 1. The molecule has 1 aliphatic carbocycles. The molecular weight excluding hydrogens is 540 g/mol. The van der Waals surface area contributed by atoms with Gasteiger partial charge in [0.05, 0.1) is 16.7 Å². The Morgan fingerprint density at radius 2 is 1.60 bits per heavy atom. The molecule has 6 rings (SSSR count). The van der Waals surface area contributed by atoms with Gasteiger partial charge in [0, 0.05) is 18.9 Å². The fourth-order valence-electron chi connectivity index (χ4n) is 6.69. The number of aryl methyl sites for hydroxylation is 1. The molecule has 1 N–H and O–H groups in total. The van der Waals surface area contributed by atoms with Crippen molar-refractivity contribution in [3.05, 3.63) is 113 Å². The number of rotatable bonds is 9. The summed E-state index contributed by atoms with van der Waals surface area (Å²) in [5.41, 5.74) is 4.76. The van der Waals surface area contributed by atoms with Crippen LogP contribution in [0.3, 0.4) is 0 Å². The Balaban J connectivity index is 1.17. The minimum Gasteiger partial charge on any atom is -0.349 e. The Labute approximate surface area is 249 Å². The number of benzene rings is 4. The van der Waals surface area contributed by atoms with Crippen molar-refractivity contribution in [2.24, 2.45) is 0 Å². The lowest BCUT2D eigenvalue weighted by atomic mass is 9.86. The minimum atomic E-state index is -3.63. The number of hydrogen-bond acceptors (Lipinski definition) is 4. The summed E-state index contributed by atoms with van der Waals surface area (Å²) in [5, 5.41) is 5.17. The summed E-state index contributed by atoms with van der Waals surface area (Å²) >= 11 is 0. The second kappa shape index (κ2) is 12.8. The van der Waals surface area contributed by atoms with Crippen LogP contribution in [0.15, 0.2) is 95.9 Å². The van der Waals surface area contributed by atoms with E-state index in [4.69, 9.17) is 0 Å². The summed E-state index contributed by atoms with van der Waals surface area (Å²) in [5.74, 6) is -0.672. The van der Waals surface area contributed by atoms with E-state index in [9.17, 15) is 13.2 Å². The van der Waals surface area contributed by atoms with Gasteiger partial charge in [-0.15, -0.1) is 0 Å². The fraction of sp³-hybridized carbons (Fsp3) is 0.361. The molecule has 5 nitrogen and oxygen atoms in total. The Hall–Kier alpha value is -3.48. The maximum Gasteiger partial charge on any atom is 0.221 e. The first kappa shape index (κ1) is 28.6. The molecular formula is C36H40N2O3S. The van der Waals surface area contributed by atoms with E-state index in [0.29, 0.717) is 4.90 Å². The lowest BCUT2D eigenvalue weighted by molar-refractivity contribution is -0.122. The highest BCUT2D eigenvalue weighted by atomic mass is 32.2. The van der Waals surface area contributed by atoms with Gasteiger partial charge in [-0.25, -0.2) is 8.42 Å². The number of fused-ring (bicyclic) bond motifs is 2. The zero-order valence-corrected chi connectivity index (χ0v) is 25.0. The molecule has 0 spiro atoms. The largest absolute Gasteiger partial charge is 0.349 e. The molecule has 1 amide bonds. The third-order valence-corrected chi connectivity index (χ3v) is 10.7. The molecule has 218 valence electrons.